The number of carboxylic acid groups (broad SMARTS) is 1. The number of hydrogen-bond donors (Lipinski definition) is 2. The van der Waals surface area contributed by atoms with Gasteiger partial charge in [-0.05, 0) is 44.5 Å². The number of rotatable bonds is 4. The zero-order chi connectivity index (χ0) is 15.6. The van der Waals surface area contributed by atoms with Gasteiger partial charge in [-0.25, -0.2) is 4.39 Å². The van der Waals surface area contributed by atoms with Gasteiger partial charge in [-0.2, -0.15) is 0 Å². The minimum Gasteiger partial charge on any atom is -0.481 e. The first kappa shape index (κ1) is 15.4. The molecule has 1 aliphatic rings. The maximum atomic E-state index is 13.4. The lowest BCUT2D eigenvalue weighted by Crippen LogP contribution is -2.41. The zero-order valence-corrected chi connectivity index (χ0v) is 12.1. The average Bonchev–Trinajstić information content (AvgIpc) is 2.92. The number of nitrogens with one attached hydrogen (secondary N) is 1. The van der Waals surface area contributed by atoms with E-state index in [0.717, 1.165) is 0 Å². The summed E-state index contributed by atoms with van der Waals surface area (Å²) in [6.07, 6.45) is 0.548. The van der Waals surface area contributed by atoms with Gasteiger partial charge in [0, 0.05) is 12.2 Å². The molecule has 2 rings (SSSR count). The van der Waals surface area contributed by atoms with E-state index in [9.17, 15) is 14.0 Å². The minimum atomic E-state index is -0.828. The molecule has 1 aromatic rings. The Morgan fingerprint density at radius 2 is 2.19 bits per heavy atom. The Kier molecular flexibility index (Phi) is 4.57. The van der Waals surface area contributed by atoms with Gasteiger partial charge >= 0.3 is 5.97 Å². The molecule has 6 heteroatoms. The summed E-state index contributed by atoms with van der Waals surface area (Å²) in [6.45, 7) is 4.32. The number of halogens is 1. The second-order valence-electron chi connectivity index (χ2n) is 5.45. The summed E-state index contributed by atoms with van der Waals surface area (Å²) < 4.78 is 13.4. The van der Waals surface area contributed by atoms with Gasteiger partial charge in [0.2, 0.25) is 5.91 Å². The summed E-state index contributed by atoms with van der Waals surface area (Å²) in [5, 5.41) is 11.6. The molecule has 2 atom stereocenters. The molecule has 2 N–H and O–H groups in total. The molecule has 1 amide bonds. The van der Waals surface area contributed by atoms with Crippen molar-refractivity contribution in [2.75, 3.05) is 18.4 Å². The standard InChI is InChI=1S/C15H19FN2O3/c1-9-3-4-12(7-13(9)16)17-14(19)10(2)18-6-5-11(8-18)15(20)21/h3-4,7,10-11H,5-6,8H2,1-2H3,(H,17,19)(H,20,21). The molecule has 0 radical (unpaired) electrons. The molecule has 114 valence electrons. The maximum absolute atomic E-state index is 13.4. The van der Waals surface area contributed by atoms with Crippen LogP contribution in [0.3, 0.4) is 0 Å². The monoisotopic (exact) mass is 294 g/mol. The molecule has 5 nitrogen and oxygen atoms in total. The van der Waals surface area contributed by atoms with Crippen LogP contribution < -0.4 is 5.32 Å². The predicted octanol–water partition coefficient (Wildman–Crippen LogP) is 1.87. The Bertz CT molecular complexity index is 562. The number of carbonyl (C=O) groups is 2. The number of nitrogens with zero attached hydrogens (tertiary/aromatic N) is 1. The number of aryl methyl sites for hydroxylation is 1. The van der Waals surface area contributed by atoms with Crippen LogP contribution in [-0.2, 0) is 9.59 Å². The molecule has 1 aromatic carbocycles. The van der Waals surface area contributed by atoms with E-state index in [0.29, 0.717) is 30.8 Å². The van der Waals surface area contributed by atoms with Gasteiger partial charge in [0.15, 0.2) is 0 Å². The van der Waals surface area contributed by atoms with Gasteiger partial charge in [0.1, 0.15) is 5.82 Å². The number of hydrogen-bond acceptors (Lipinski definition) is 3. The molecule has 0 spiro atoms. The lowest BCUT2D eigenvalue weighted by molar-refractivity contribution is -0.141. The van der Waals surface area contributed by atoms with Crippen molar-refractivity contribution < 1.29 is 19.1 Å². The molecular weight excluding hydrogens is 275 g/mol. The second kappa shape index (κ2) is 6.22. The van der Waals surface area contributed by atoms with Gasteiger partial charge in [-0.3, -0.25) is 14.5 Å². The molecule has 1 fully saturated rings. The van der Waals surface area contributed by atoms with Crippen molar-refractivity contribution in [2.45, 2.75) is 26.3 Å². The van der Waals surface area contributed by atoms with Crippen LogP contribution in [0.4, 0.5) is 10.1 Å². The molecular formula is C15H19FN2O3. The third kappa shape index (κ3) is 3.58. The van der Waals surface area contributed by atoms with Crippen molar-refractivity contribution in [3.8, 4) is 0 Å². The molecule has 1 heterocycles. The smallest absolute Gasteiger partial charge is 0.307 e. The van der Waals surface area contributed by atoms with Crippen molar-refractivity contribution in [1.29, 1.82) is 0 Å². The van der Waals surface area contributed by atoms with Crippen LogP contribution in [0.25, 0.3) is 0 Å². The van der Waals surface area contributed by atoms with Gasteiger partial charge in [-0.1, -0.05) is 6.07 Å². The largest absolute Gasteiger partial charge is 0.481 e. The van der Waals surface area contributed by atoms with Crippen molar-refractivity contribution in [3.63, 3.8) is 0 Å². The van der Waals surface area contributed by atoms with Crippen LogP contribution in [0, 0.1) is 18.7 Å². The summed E-state index contributed by atoms with van der Waals surface area (Å²) in [7, 11) is 0. The normalized spacial score (nSPS) is 20.2. The molecule has 1 saturated heterocycles. The van der Waals surface area contributed by atoms with Crippen molar-refractivity contribution >= 4 is 17.6 Å². The number of benzene rings is 1. The highest BCUT2D eigenvalue weighted by Crippen LogP contribution is 2.20. The Hall–Kier alpha value is -1.95. The van der Waals surface area contributed by atoms with Crippen molar-refractivity contribution in [3.05, 3.63) is 29.6 Å². The number of anilines is 1. The summed E-state index contributed by atoms with van der Waals surface area (Å²) in [5.74, 6) is -1.88. The molecule has 0 aromatic heterocycles. The van der Waals surface area contributed by atoms with Crippen LogP contribution >= 0.6 is 0 Å². The highest BCUT2D eigenvalue weighted by atomic mass is 19.1. The fourth-order valence-corrected chi connectivity index (χ4v) is 2.42. The van der Waals surface area contributed by atoms with Crippen LogP contribution in [0.2, 0.25) is 0 Å². The third-order valence-electron chi connectivity index (χ3n) is 3.94. The molecule has 0 aliphatic carbocycles. The fraction of sp³-hybridized carbons (Fsp3) is 0.467. The molecule has 2 unspecified atom stereocenters. The second-order valence-corrected chi connectivity index (χ2v) is 5.45. The van der Waals surface area contributed by atoms with Gasteiger partial charge in [-0.15, -0.1) is 0 Å². The summed E-state index contributed by atoms with van der Waals surface area (Å²) >= 11 is 0. The van der Waals surface area contributed by atoms with Gasteiger partial charge in [0.25, 0.3) is 0 Å². The molecule has 0 bridgehead atoms. The Labute approximate surface area is 122 Å². The van der Waals surface area contributed by atoms with E-state index in [-0.39, 0.29) is 11.7 Å². The van der Waals surface area contributed by atoms with E-state index in [1.165, 1.54) is 6.07 Å². The van der Waals surface area contributed by atoms with Gasteiger partial charge < -0.3 is 10.4 Å². The maximum Gasteiger partial charge on any atom is 0.307 e. The molecule has 21 heavy (non-hydrogen) atoms. The summed E-state index contributed by atoms with van der Waals surface area (Å²) in [5.41, 5.74) is 0.925. The van der Waals surface area contributed by atoms with Crippen LogP contribution in [0.1, 0.15) is 18.9 Å². The van der Waals surface area contributed by atoms with Crippen molar-refractivity contribution in [2.24, 2.45) is 5.92 Å². The quantitative estimate of drug-likeness (QED) is 0.889. The Morgan fingerprint density at radius 1 is 1.48 bits per heavy atom. The topological polar surface area (TPSA) is 69.6 Å². The van der Waals surface area contributed by atoms with Crippen LogP contribution in [0.5, 0.6) is 0 Å². The van der Waals surface area contributed by atoms with E-state index < -0.39 is 17.9 Å². The van der Waals surface area contributed by atoms with E-state index in [4.69, 9.17) is 5.11 Å². The fourth-order valence-electron chi connectivity index (χ4n) is 2.42. The Balaban J connectivity index is 1.97. The highest BCUT2D eigenvalue weighted by Gasteiger charge is 2.33. The Morgan fingerprint density at radius 3 is 2.76 bits per heavy atom. The summed E-state index contributed by atoms with van der Waals surface area (Å²) in [4.78, 5) is 24.9. The number of amides is 1. The number of likely N-dealkylation sites (tertiary alicyclic amines) is 1. The van der Waals surface area contributed by atoms with Crippen LogP contribution in [-0.4, -0.2) is 41.0 Å². The predicted molar refractivity (Wildman–Crippen MR) is 76.5 cm³/mol. The SMILES string of the molecule is Cc1ccc(NC(=O)C(C)N2CCC(C(=O)O)C2)cc1F. The van der Waals surface area contributed by atoms with Crippen LogP contribution in [0.15, 0.2) is 18.2 Å². The van der Waals surface area contributed by atoms with E-state index >= 15 is 0 Å². The number of aliphatic carboxylic acids is 1. The van der Waals surface area contributed by atoms with E-state index in [1.54, 1.807) is 26.0 Å². The first-order valence-corrected chi connectivity index (χ1v) is 6.92. The van der Waals surface area contributed by atoms with E-state index in [2.05, 4.69) is 5.32 Å². The lowest BCUT2D eigenvalue weighted by atomic mass is 10.1. The molecule has 0 saturated carbocycles. The molecule has 1 aliphatic heterocycles. The van der Waals surface area contributed by atoms with E-state index in [1.807, 2.05) is 4.90 Å². The average molecular weight is 294 g/mol. The third-order valence-corrected chi connectivity index (χ3v) is 3.94. The first-order chi connectivity index (χ1) is 9.88. The highest BCUT2D eigenvalue weighted by molar-refractivity contribution is 5.94. The zero-order valence-electron chi connectivity index (χ0n) is 12.1. The summed E-state index contributed by atoms with van der Waals surface area (Å²) in [6, 6.07) is 4.09. The van der Waals surface area contributed by atoms with Gasteiger partial charge in [0.05, 0.1) is 12.0 Å². The lowest BCUT2D eigenvalue weighted by Gasteiger charge is -2.23. The first-order valence-electron chi connectivity index (χ1n) is 6.92. The number of carboxylic acids is 1. The minimum absolute atomic E-state index is 0.260. The van der Waals surface area contributed by atoms with Crippen molar-refractivity contribution in [1.82, 2.24) is 4.90 Å². The number of carbonyl (C=O) groups excluding carboxylic acids is 1.